The van der Waals surface area contributed by atoms with E-state index >= 15 is 0 Å². The Morgan fingerprint density at radius 1 is 1.32 bits per heavy atom. The first-order valence-corrected chi connectivity index (χ1v) is 6.38. The molecule has 0 aliphatic carbocycles. The Morgan fingerprint density at radius 3 is 2.68 bits per heavy atom. The van der Waals surface area contributed by atoms with E-state index in [1.165, 1.54) is 10.9 Å². The molecule has 0 N–H and O–H groups in total. The molecule has 0 unspecified atom stereocenters. The second-order valence-electron chi connectivity index (χ2n) is 4.54. The number of aromatic nitrogens is 2. The minimum absolute atomic E-state index is 0.0441. The molecule has 19 heavy (non-hydrogen) atoms. The zero-order valence-corrected chi connectivity index (χ0v) is 11.3. The summed E-state index contributed by atoms with van der Waals surface area (Å²) in [7, 11) is 0. The summed E-state index contributed by atoms with van der Waals surface area (Å²) < 4.78 is 7.26. The van der Waals surface area contributed by atoms with Crippen molar-refractivity contribution in [1.29, 1.82) is 0 Å². The maximum absolute atomic E-state index is 11.7. The smallest absolute Gasteiger partial charge is 0.231 e. The molecule has 4 nitrogen and oxygen atoms in total. The molecule has 0 radical (unpaired) electrons. The molecular weight excluding hydrogens is 240 g/mol. The van der Waals surface area contributed by atoms with Crippen LogP contribution in [0.5, 0.6) is 5.75 Å². The van der Waals surface area contributed by atoms with Gasteiger partial charge in [0.25, 0.3) is 0 Å². The van der Waals surface area contributed by atoms with Crippen LogP contribution in [0.15, 0.2) is 36.9 Å². The Kier molecular flexibility index (Phi) is 4.34. The topological polar surface area (TPSA) is 44.1 Å². The standard InChI is InChI=1S/C15H18N2O2/c1-12-5-3-6-13(2)15(12)19-10-4-7-14(18)17-9-8-16-11-17/h3,5-6,8-9,11H,4,7,10H2,1-2H3. The van der Waals surface area contributed by atoms with Gasteiger partial charge in [-0.3, -0.25) is 9.36 Å². The van der Waals surface area contributed by atoms with E-state index in [4.69, 9.17) is 4.74 Å². The molecule has 2 rings (SSSR count). The first-order valence-electron chi connectivity index (χ1n) is 6.38. The molecule has 0 fully saturated rings. The third-order valence-corrected chi connectivity index (χ3v) is 2.98. The van der Waals surface area contributed by atoms with Gasteiger partial charge in [0.15, 0.2) is 0 Å². The first-order chi connectivity index (χ1) is 9.18. The van der Waals surface area contributed by atoms with E-state index in [0.29, 0.717) is 19.4 Å². The number of hydrogen-bond acceptors (Lipinski definition) is 3. The van der Waals surface area contributed by atoms with Gasteiger partial charge in [-0.1, -0.05) is 18.2 Å². The van der Waals surface area contributed by atoms with E-state index in [-0.39, 0.29) is 5.91 Å². The summed E-state index contributed by atoms with van der Waals surface area (Å²) in [6, 6.07) is 6.07. The van der Waals surface area contributed by atoms with Crippen molar-refractivity contribution in [3.8, 4) is 5.75 Å². The fourth-order valence-corrected chi connectivity index (χ4v) is 1.96. The normalized spacial score (nSPS) is 10.4. The minimum Gasteiger partial charge on any atom is -0.493 e. The van der Waals surface area contributed by atoms with Crippen LogP contribution < -0.4 is 4.74 Å². The van der Waals surface area contributed by atoms with Crippen molar-refractivity contribution in [2.24, 2.45) is 0 Å². The number of benzene rings is 1. The Balaban J connectivity index is 1.80. The molecule has 1 heterocycles. The molecule has 0 saturated heterocycles. The number of imidazole rings is 1. The molecular formula is C15H18N2O2. The van der Waals surface area contributed by atoms with E-state index in [2.05, 4.69) is 4.98 Å². The number of ether oxygens (including phenoxy) is 1. The largest absolute Gasteiger partial charge is 0.493 e. The van der Waals surface area contributed by atoms with Gasteiger partial charge >= 0.3 is 0 Å². The highest BCUT2D eigenvalue weighted by Gasteiger charge is 2.06. The molecule has 100 valence electrons. The SMILES string of the molecule is Cc1cccc(C)c1OCCCC(=O)n1ccnc1. The number of carbonyl (C=O) groups excluding carboxylic acids is 1. The van der Waals surface area contributed by atoms with Crippen LogP contribution in [0.1, 0.15) is 28.8 Å². The van der Waals surface area contributed by atoms with Crippen molar-refractivity contribution in [2.75, 3.05) is 6.61 Å². The predicted octanol–water partition coefficient (Wildman–Crippen LogP) is 3.00. The van der Waals surface area contributed by atoms with E-state index < -0.39 is 0 Å². The maximum atomic E-state index is 11.7. The van der Waals surface area contributed by atoms with Gasteiger partial charge in [-0.15, -0.1) is 0 Å². The van der Waals surface area contributed by atoms with Crippen molar-refractivity contribution in [3.63, 3.8) is 0 Å². The zero-order chi connectivity index (χ0) is 13.7. The van der Waals surface area contributed by atoms with Crippen LogP contribution in [0.3, 0.4) is 0 Å². The van der Waals surface area contributed by atoms with Gasteiger partial charge in [0.2, 0.25) is 5.91 Å². The summed E-state index contributed by atoms with van der Waals surface area (Å²) in [5.41, 5.74) is 2.25. The Morgan fingerprint density at radius 2 is 2.05 bits per heavy atom. The van der Waals surface area contributed by atoms with Crippen LogP contribution in [0.2, 0.25) is 0 Å². The summed E-state index contributed by atoms with van der Waals surface area (Å²) in [5, 5.41) is 0. The number of aryl methyl sites for hydroxylation is 2. The van der Waals surface area contributed by atoms with Crippen molar-refractivity contribution in [1.82, 2.24) is 9.55 Å². The van der Waals surface area contributed by atoms with Crippen molar-refractivity contribution in [2.45, 2.75) is 26.7 Å². The lowest BCUT2D eigenvalue weighted by atomic mass is 10.1. The van der Waals surface area contributed by atoms with Crippen LogP contribution in [0.25, 0.3) is 0 Å². The quantitative estimate of drug-likeness (QED) is 0.774. The van der Waals surface area contributed by atoms with Gasteiger partial charge in [0.05, 0.1) is 6.61 Å². The third kappa shape index (κ3) is 3.44. The molecule has 0 spiro atoms. The van der Waals surface area contributed by atoms with Crippen molar-refractivity contribution >= 4 is 5.91 Å². The Bertz CT molecular complexity index is 527. The van der Waals surface area contributed by atoms with Crippen LogP contribution in [0, 0.1) is 13.8 Å². The molecule has 2 aromatic rings. The Labute approximate surface area is 113 Å². The molecule has 1 aromatic carbocycles. The van der Waals surface area contributed by atoms with Crippen LogP contribution in [0.4, 0.5) is 0 Å². The van der Waals surface area contributed by atoms with Gasteiger partial charge < -0.3 is 4.74 Å². The average Bonchev–Trinajstić information content (AvgIpc) is 2.91. The minimum atomic E-state index is 0.0441. The van der Waals surface area contributed by atoms with E-state index in [1.807, 2.05) is 32.0 Å². The molecule has 0 saturated carbocycles. The van der Waals surface area contributed by atoms with Gasteiger partial charge in [-0.2, -0.15) is 0 Å². The molecule has 0 amide bonds. The number of nitrogens with zero attached hydrogens (tertiary/aromatic N) is 2. The summed E-state index contributed by atoms with van der Waals surface area (Å²) in [5.74, 6) is 0.972. The van der Waals surface area contributed by atoms with E-state index in [0.717, 1.165) is 16.9 Å². The number of hydrogen-bond donors (Lipinski definition) is 0. The molecule has 1 aromatic heterocycles. The highest BCUT2D eigenvalue weighted by atomic mass is 16.5. The Hall–Kier alpha value is -2.10. The van der Waals surface area contributed by atoms with Gasteiger partial charge in [0.1, 0.15) is 12.1 Å². The van der Waals surface area contributed by atoms with Gasteiger partial charge in [-0.25, -0.2) is 4.98 Å². The van der Waals surface area contributed by atoms with Crippen LogP contribution in [-0.2, 0) is 0 Å². The second-order valence-corrected chi connectivity index (χ2v) is 4.54. The van der Waals surface area contributed by atoms with E-state index in [1.54, 1.807) is 12.4 Å². The predicted molar refractivity (Wildman–Crippen MR) is 73.5 cm³/mol. The summed E-state index contributed by atoms with van der Waals surface area (Å²) in [4.78, 5) is 15.6. The zero-order valence-electron chi connectivity index (χ0n) is 11.3. The summed E-state index contributed by atoms with van der Waals surface area (Å²) >= 11 is 0. The molecule has 0 atom stereocenters. The van der Waals surface area contributed by atoms with Gasteiger partial charge in [0, 0.05) is 18.8 Å². The van der Waals surface area contributed by atoms with Crippen molar-refractivity contribution in [3.05, 3.63) is 48.0 Å². The fraction of sp³-hybridized carbons (Fsp3) is 0.333. The molecule has 0 aliphatic rings. The lowest BCUT2D eigenvalue weighted by molar-refractivity contribution is 0.0893. The number of para-hydroxylation sites is 1. The summed E-state index contributed by atoms with van der Waals surface area (Å²) in [6.45, 7) is 4.60. The lowest BCUT2D eigenvalue weighted by Crippen LogP contribution is -2.10. The highest BCUT2D eigenvalue weighted by Crippen LogP contribution is 2.22. The number of carbonyl (C=O) groups is 1. The first kappa shape index (κ1) is 13.3. The molecule has 0 aliphatic heterocycles. The lowest BCUT2D eigenvalue weighted by Gasteiger charge is -2.11. The van der Waals surface area contributed by atoms with Gasteiger partial charge in [-0.05, 0) is 31.4 Å². The third-order valence-electron chi connectivity index (χ3n) is 2.98. The second kappa shape index (κ2) is 6.18. The van der Waals surface area contributed by atoms with Crippen molar-refractivity contribution < 1.29 is 9.53 Å². The molecule has 0 bridgehead atoms. The maximum Gasteiger partial charge on any atom is 0.231 e. The molecule has 4 heteroatoms. The van der Waals surface area contributed by atoms with Crippen LogP contribution in [-0.4, -0.2) is 22.1 Å². The fourth-order valence-electron chi connectivity index (χ4n) is 1.96. The van der Waals surface area contributed by atoms with Crippen LogP contribution >= 0.6 is 0 Å². The highest BCUT2D eigenvalue weighted by molar-refractivity contribution is 5.78. The summed E-state index contributed by atoms with van der Waals surface area (Å²) in [6.07, 6.45) is 5.94. The van der Waals surface area contributed by atoms with E-state index in [9.17, 15) is 4.79 Å². The number of rotatable bonds is 5. The average molecular weight is 258 g/mol. The monoisotopic (exact) mass is 258 g/mol.